The lowest BCUT2D eigenvalue weighted by Gasteiger charge is -2.13. The van der Waals surface area contributed by atoms with Crippen LogP contribution in [0.15, 0.2) is 59.4 Å². The standard InChI is InChI=1S/C23H20N4O5S/c1-3-31-22(30)21-17(12-20(29)27(26-21)16-10-6-4-8-14(16)2)32-13-19(28)25-23-24-15-9-5-7-11-18(15)33-23/h4-12H,3,13H2,1-2H3,(H,24,25,28). The summed E-state index contributed by atoms with van der Waals surface area (Å²) in [6, 6.07) is 15.7. The van der Waals surface area contributed by atoms with Crippen molar-refractivity contribution in [2.24, 2.45) is 0 Å². The molecule has 0 fully saturated rings. The minimum Gasteiger partial charge on any atom is -0.481 e. The van der Waals surface area contributed by atoms with Gasteiger partial charge in [-0.1, -0.05) is 41.7 Å². The van der Waals surface area contributed by atoms with Crippen LogP contribution in [-0.4, -0.2) is 39.9 Å². The van der Waals surface area contributed by atoms with Gasteiger partial charge in [-0.3, -0.25) is 14.9 Å². The van der Waals surface area contributed by atoms with Gasteiger partial charge in [0.1, 0.15) is 0 Å². The van der Waals surface area contributed by atoms with Crippen molar-refractivity contribution in [3.63, 3.8) is 0 Å². The van der Waals surface area contributed by atoms with Crippen LogP contribution in [0.3, 0.4) is 0 Å². The summed E-state index contributed by atoms with van der Waals surface area (Å²) in [6.45, 7) is 3.14. The molecular weight excluding hydrogens is 444 g/mol. The Morgan fingerprint density at radius 3 is 2.64 bits per heavy atom. The topological polar surface area (TPSA) is 112 Å². The molecule has 0 aliphatic heterocycles. The summed E-state index contributed by atoms with van der Waals surface area (Å²) in [4.78, 5) is 41.9. The van der Waals surface area contributed by atoms with Crippen LogP contribution in [0.25, 0.3) is 15.9 Å². The highest BCUT2D eigenvalue weighted by molar-refractivity contribution is 7.22. The van der Waals surface area contributed by atoms with Gasteiger partial charge in [0, 0.05) is 0 Å². The molecular formula is C23H20N4O5S. The zero-order valence-corrected chi connectivity index (χ0v) is 18.7. The maximum absolute atomic E-state index is 12.7. The number of esters is 1. The molecule has 10 heteroatoms. The number of hydrogen-bond acceptors (Lipinski definition) is 8. The largest absolute Gasteiger partial charge is 0.481 e. The maximum Gasteiger partial charge on any atom is 0.362 e. The smallest absolute Gasteiger partial charge is 0.362 e. The molecule has 9 nitrogen and oxygen atoms in total. The van der Waals surface area contributed by atoms with Gasteiger partial charge in [0.2, 0.25) is 5.69 Å². The summed E-state index contributed by atoms with van der Waals surface area (Å²) in [5, 5.41) is 7.25. The number of ether oxygens (including phenoxy) is 2. The van der Waals surface area contributed by atoms with Crippen molar-refractivity contribution in [3.05, 3.63) is 76.2 Å². The monoisotopic (exact) mass is 464 g/mol. The Labute approximate surface area is 192 Å². The summed E-state index contributed by atoms with van der Waals surface area (Å²) < 4.78 is 12.6. The number of nitrogens with zero attached hydrogens (tertiary/aromatic N) is 3. The van der Waals surface area contributed by atoms with Gasteiger partial charge in [0.15, 0.2) is 17.5 Å². The van der Waals surface area contributed by atoms with Crippen molar-refractivity contribution in [2.45, 2.75) is 13.8 Å². The highest BCUT2D eigenvalue weighted by Gasteiger charge is 2.21. The molecule has 1 amide bonds. The van der Waals surface area contributed by atoms with E-state index in [0.29, 0.717) is 10.8 Å². The molecule has 2 heterocycles. The highest BCUT2D eigenvalue weighted by Crippen LogP contribution is 2.25. The van der Waals surface area contributed by atoms with Crippen LogP contribution in [0.5, 0.6) is 5.75 Å². The zero-order valence-electron chi connectivity index (χ0n) is 17.9. The van der Waals surface area contributed by atoms with Gasteiger partial charge in [-0.2, -0.15) is 9.78 Å². The molecule has 4 aromatic rings. The number of amides is 1. The second-order valence-electron chi connectivity index (χ2n) is 6.94. The number of benzene rings is 2. The Morgan fingerprint density at radius 1 is 1.12 bits per heavy atom. The molecule has 0 aliphatic rings. The zero-order chi connectivity index (χ0) is 23.4. The molecule has 0 spiro atoms. The third-order valence-corrected chi connectivity index (χ3v) is 5.56. The van der Waals surface area contributed by atoms with Crippen LogP contribution in [0.4, 0.5) is 5.13 Å². The molecule has 1 N–H and O–H groups in total. The van der Waals surface area contributed by atoms with Crippen LogP contribution >= 0.6 is 11.3 Å². The fraction of sp³-hybridized carbons (Fsp3) is 0.174. The summed E-state index contributed by atoms with van der Waals surface area (Å²) in [6.07, 6.45) is 0. The normalized spacial score (nSPS) is 10.7. The second-order valence-corrected chi connectivity index (χ2v) is 7.97. The van der Waals surface area contributed by atoms with Gasteiger partial charge < -0.3 is 9.47 Å². The van der Waals surface area contributed by atoms with E-state index in [9.17, 15) is 14.4 Å². The summed E-state index contributed by atoms with van der Waals surface area (Å²) in [5.41, 5.74) is 1.37. The van der Waals surface area contributed by atoms with E-state index >= 15 is 0 Å². The average Bonchev–Trinajstić information content (AvgIpc) is 3.20. The minimum absolute atomic E-state index is 0.113. The first kappa shape index (κ1) is 22.2. The van der Waals surface area contributed by atoms with Crippen LogP contribution in [0.2, 0.25) is 0 Å². The number of rotatable bonds is 7. The number of nitrogens with one attached hydrogen (secondary N) is 1. The first-order chi connectivity index (χ1) is 16.0. The molecule has 0 radical (unpaired) electrons. The van der Waals surface area contributed by atoms with Crippen molar-refractivity contribution in [2.75, 3.05) is 18.5 Å². The van der Waals surface area contributed by atoms with Crippen molar-refractivity contribution >= 4 is 38.6 Å². The Morgan fingerprint density at radius 2 is 1.88 bits per heavy atom. The number of thiazole rings is 1. The molecule has 0 saturated heterocycles. The summed E-state index contributed by atoms with van der Waals surface area (Å²) in [5.74, 6) is -1.39. The Bertz CT molecular complexity index is 1360. The van der Waals surface area contributed by atoms with Gasteiger partial charge in [-0.25, -0.2) is 9.78 Å². The average molecular weight is 465 g/mol. The Hall–Kier alpha value is -4.05. The van der Waals surface area contributed by atoms with Crippen molar-refractivity contribution in [1.82, 2.24) is 14.8 Å². The lowest BCUT2D eigenvalue weighted by molar-refractivity contribution is -0.118. The van der Waals surface area contributed by atoms with E-state index in [0.717, 1.165) is 26.5 Å². The predicted octanol–water partition coefficient (Wildman–Crippen LogP) is 3.34. The maximum atomic E-state index is 12.7. The highest BCUT2D eigenvalue weighted by atomic mass is 32.1. The number of carbonyl (C=O) groups excluding carboxylic acids is 2. The SMILES string of the molecule is CCOC(=O)c1nn(-c2ccccc2C)c(=O)cc1OCC(=O)Nc1nc2ccccc2s1. The van der Waals surface area contributed by atoms with Crippen LogP contribution in [0.1, 0.15) is 23.0 Å². The van der Waals surface area contributed by atoms with E-state index < -0.39 is 24.0 Å². The molecule has 33 heavy (non-hydrogen) atoms. The Kier molecular flexibility index (Phi) is 6.45. The van der Waals surface area contributed by atoms with Gasteiger partial charge >= 0.3 is 5.97 Å². The number of anilines is 1. The minimum atomic E-state index is -0.763. The van der Waals surface area contributed by atoms with Crippen LogP contribution in [0, 0.1) is 6.92 Å². The van der Waals surface area contributed by atoms with Crippen molar-refractivity contribution in [3.8, 4) is 11.4 Å². The first-order valence-corrected chi connectivity index (χ1v) is 10.9. The molecule has 0 unspecified atom stereocenters. The van der Waals surface area contributed by atoms with E-state index in [-0.39, 0.29) is 18.1 Å². The summed E-state index contributed by atoms with van der Waals surface area (Å²) in [7, 11) is 0. The number of hydrogen-bond donors (Lipinski definition) is 1. The lowest BCUT2D eigenvalue weighted by Crippen LogP contribution is -2.27. The molecule has 2 aromatic heterocycles. The van der Waals surface area contributed by atoms with Crippen LogP contribution in [-0.2, 0) is 9.53 Å². The van der Waals surface area contributed by atoms with E-state index in [1.165, 1.54) is 11.3 Å². The fourth-order valence-electron chi connectivity index (χ4n) is 3.09. The number of fused-ring (bicyclic) bond motifs is 1. The number of carbonyl (C=O) groups is 2. The molecule has 0 bridgehead atoms. The predicted molar refractivity (Wildman–Crippen MR) is 124 cm³/mol. The van der Waals surface area contributed by atoms with E-state index in [1.54, 1.807) is 19.1 Å². The van der Waals surface area contributed by atoms with Gasteiger partial charge in [-0.05, 0) is 37.6 Å². The fourth-order valence-corrected chi connectivity index (χ4v) is 3.97. The molecule has 4 rings (SSSR count). The molecule has 168 valence electrons. The third kappa shape index (κ3) is 4.90. The molecule has 2 aromatic carbocycles. The van der Waals surface area contributed by atoms with E-state index in [4.69, 9.17) is 9.47 Å². The second kappa shape index (κ2) is 9.61. The van der Waals surface area contributed by atoms with Gasteiger partial charge in [-0.15, -0.1) is 0 Å². The van der Waals surface area contributed by atoms with Gasteiger partial charge in [0.05, 0.1) is 28.6 Å². The molecule has 0 aliphatic carbocycles. The number of para-hydroxylation sites is 2. The third-order valence-electron chi connectivity index (χ3n) is 4.61. The van der Waals surface area contributed by atoms with Crippen molar-refractivity contribution in [1.29, 1.82) is 0 Å². The molecule has 0 atom stereocenters. The number of aromatic nitrogens is 3. The van der Waals surface area contributed by atoms with Crippen molar-refractivity contribution < 1.29 is 19.1 Å². The number of aryl methyl sites for hydroxylation is 1. The van der Waals surface area contributed by atoms with Crippen LogP contribution < -0.4 is 15.6 Å². The molecule has 0 saturated carbocycles. The van der Waals surface area contributed by atoms with Gasteiger partial charge in [0.25, 0.3) is 11.5 Å². The quantitative estimate of drug-likeness (QED) is 0.417. The summed E-state index contributed by atoms with van der Waals surface area (Å²) >= 11 is 1.33. The van der Waals surface area contributed by atoms with E-state index in [2.05, 4.69) is 15.4 Å². The van der Waals surface area contributed by atoms with E-state index in [1.807, 2.05) is 43.3 Å². The Balaban J connectivity index is 1.57. The lowest BCUT2D eigenvalue weighted by atomic mass is 10.2. The first-order valence-electron chi connectivity index (χ1n) is 10.1.